The van der Waals surface area contributed by atoms with E-state index < -0.39 is 5.97 Å². The highest BCUT2D eigenvalue weighted by Crippen LogP contribution is 2.21. The molecule has 130 valence electrons. The summed E-state index contributed by atoms with van der Waals surface area (Å²) < 4.78 is 4.91. The summed E-state index contributed by atoms with van der Waals surface area (Å²) >= 11 is 6.16. The minimum absolute atomic E-state index is 0.0200. The van der Waals surface area contributed by atoms with Crippen molar-refractivity contribution in [3.8, 4) is 0 Å². The maximum Gasteiger partial charge on any atom is 0.360 e. The monoisotopic (exact) mass is 365 g/mol. The van der Waals surface area contributed by atoms with Gasteiger partial charge in [0.2, 0.25) is 0 Å². The van der Waals surface area contributed by atoms with Crippen LogP contribution >= 0.6 is 11.6 Å². The highest BCUT2D eigenvalue weighted by molar-refractivity contribution is 6.33. The molecular weight excluding hydrogens is 350 g/mol. The molecule has 1 heterocycles. The lowest BCUT2D eigenvalue weighted by Crippen LogP contribution is -2.09. The number of hydrogen-bond acceptors (Lipinski definition) is 5. The van der Waals surface area contributed by atoms with Crippen molar-refractivity contribution < 1.29 is 9.53 Å². The van der Waals surface area contributed by atoms with Crippen molar-refractivity contribution in [1.29, 1.82) is 0 Å². The Kier molecular flexibility index (Phi) is 5.71. The zero-order valence-electron chi connectivity index (χ0n) is 14.1. The number of nitrogens with zero attached hydrogens (tertiary/aromatic N) is 3. The summed E-state index contributed by atoms with van der Waals surface area (Å²) in [7, 11) is 0. The van der Waals surface area contributed by atoms with E-state index in [0.717, 1.165) is 16.8 Å². The van der Waals surface area contributed by atoms with E-state index in [1.54, 1.807) is 6.92 Å². The first-order chi connectivity index (χ1) is 12.7. The lowest BCUT2D eigenvalue weighted by Gasteiger charge is -2.08. The molecule has 0 atom stereocenters. The van der Waals surface area contributed by atoms with Gasteiger partial charge in [0, 0.05) is 17.2 Å². The molecule has 0 radical (unpaired) electrons. The molecule has 26 heavy (non-hydrogen) atoms. The van der Waals surface area contributed by atoms with E-state index in [4.69, 9.17) is 16.3 Å². The van der Waals surface area contributed by atoms with Gasteiger partial charge in [-0.2, -0.15) is 0 Å². The Morgan fingerprint density at radius 1 is 1.00 bits per heavy atom. The van der Waals surface area contributed by atoms with Gasteiger partial charge in [-0.15, -0.1) is 10.2 Å². The van der Waals surface area contributed by atoms with E-state index in [-0.39, 0.29) is 17.3 Å². The number of hydrogen-bond donors (Lipinski definition) is 0. The van der Waals surface area contributed by atoms with E-state index in [1.165, 1.54) is 6.07 Å². The van der Waals surface area contributed by atoms with Crippen LogP contribution in [-0.4, -0.2) is 28.5 Å². The van der Waals surface area contributed by atoms with E-state index in [2.05, 4.69) is 15.2 Å². The van der Waals surface area contributed by atoms with Crippen LogP contribution in [0.2, 0.25) is 5.02 Å². The van der Waals surface area contributed by atoms with Gasteiger partial charge >= 0.3 is 5.97 Å². The number of halogens is 1. The zero-order chi connectivity index (χ0) is 18.4. The third-order valence-electron chi connectivity index (χ3n) is 3.52. The fraction of sp³-hybridized carbons (Fsp3) is 0.100. The SMILES string of the molecule is CCOC(=O)c1nnc(N=C(c2ccccc2)c2ccccc2)cc1Cl. The summed E-state index contributed by atoms with van der Waals surface area (Å²) in [4.78, 5) is 16.4. The molecule has 3 rings (SSSR count). The van der Waals surface area contributed by atoms with Crippen LogP contribution in [0.15, 0.2) is 71.7 Å². The van der Waals surface area contributed by atoms with Gasteiger partial charge in [0.1, 0.15) is 0 Å². The molecule has 2 aromatic carbocycles. The standard InChI is InChI=1S/C20H16ClN3O2/c1-2-26-20(25)19-16(21)13-17(23-24-19)22-18(14-9-5-3-6-10-14)15-11-7-4-8-12-15/h3-13H,2H2,1H3. The van der Waals surface area contributed by atoms with Gasteiger partial charge in [-0.3, -0.25) is 0 Å². The lowest BCUT2D eigenvalue weighted by molar-refractivity contribution is 0.0518. The van der Waals surface area contributed by atoms with E-state index in [1.807, 2.05) is 60.7 Å². The molecule has 0 N–H and O–H groups in total. The summed E-state index contributed by atoms with van der Waals surface area (Å²) in [5, 5.41) is 8.04. The molecule has 0 amide bonds. The Labute approximate surface area is 156 Å². The third-order valence-corrected chi connectivity index (χ3v) is 3.81. The molecular formula is C20H16ClN3O2. The molecule has 3 aromatic rings. The molecule has 0 saturated carbocycles. The van der Waals surface area contributed by atoms with Crippen molar-refractivity contribution in [3.05, 3.63) is 88.6 Å². The Balaban J connectivity index is 2.04. The quantitative estimate of drug-likeness (QED) is 0.494. The van der Waals surface area contributed by atoms with Crippen LogP contribution in [0.25, 0.3) is 0 Å². The fourth-order valence-electron chi connectivity index (χ4n) is 2.35. The van der Waals surface area contributed by atoms with Gasteiger partial charge in [-0.05, 0) is 6.92 Å². The minimum atomic E-state index is -0.605. The Hall–Kier alpha value is -3.05. The Morgan fingerprint density at radius 2 is 1.58 bits per heavy atom. The summed E-state index contributed by atoms with van der Waals surface area (Å²) in [5.74, 6) is -0.294. The normalized spacial score (nSPS) is 10.2. The second-order valence-corrected chi connectivity index (χ2v) is 5.72. The number of carbonyl (C=O) groups excluding carboxylic acids is 1. The first kappa shape index (κ1) is 17.8. The van der Waals surface area contributed by atoms with Crippen LogP contribution < -0.4 is 0 Å². The zero-order valence-corrected chi connectivity index (χ0v) is 14.8. The number of ether oxygens (including phenoxy) is 1. The largest absolute Gasteiger partial charge is 0.461 e. The van der Waals surface area contributed by atoms with Crippen LogP contribution in [0.3, 0.4) is 0 Å². The van der Waals surface area contributed by atoms with Crippen molar-refractivity contribution in [1.82, 2.24) is 10.2 Å². The Bertz CT molecular complexity index is 887. The number of benzene rings is 2. The van der Waals surface area contributed by atoms with Crippen molar-refractivity contribution in [3.63, 3.8) is 0 Å². The molecule has 0 aliphatic carbocycles. The second-order valence-electron chi connectivity index (χ2n) is 5.31. The summed E-state index contributed by atoms with van der Waals surface area (Å²) in [5.41, 5.74) is 2.59. The number of rotatable bonds is 5. The summed E-state index contributed by atoms with van der Waals surface area (Å²) in [6, 6.07) is 21.0. The van der Waals surface area contributed by atoms with E-state index in [9.17, 15) is 4.79 Å². The average Bonchev–Trinajstić information content (AvgIpc) is 2.68. The lowest BCUT2D eigenvalue weighted by atomic mass is 10.0. The second kappa shape index (κ2) is 8.36. The van der Waals surface area contributed by atoms with Crippen LogP contribution in [-0.2, 0) is 4.74 Å². The maximum absolute atomic E-state index is 11.8. The van der Waals surface area contributed by atoms with Gasteiger partial charge in [0.05, 0.1) is 17.3 Å². The molecule has 0 aliphatic heterocycles. The maximum atomic E-state index is 11.8. The van der Waals surface area contributed by atoms with Crippen LogP contribution in [0.4, 0.5) is 5.82 Å². The number of esters is 1. The topological polar surface area (TPSA) is 64.4 Å². The smallest absolute Gasteiger partial charge is 0.360 e. The molecule has 0 bridgehead atoms. The highest BCUT2D eigenvalue weighted by Gasteiger charge is 2.15. The molecule has 1 aromatic heterocycles. The van der Waals surface area contributed by atoms with Gasteiger partial charge in [-0.25, -0.2) is 9.79 Å². The van der Waals surface area contributed by atoms with E-state index in [0.29, 0.717) is 5.82 Å². The molecule has 5 nitrogen and oxygen atoms in total. The highest BCUT2D eigenvalue weighted by atomic mass is 35.5. The van der Waals surface area contributed by atoms with E-state index >= 15 is 0 Å². The van der Waals surface area contributed by atoms with Crippen molar-refractivity contribution in [2.45, 2.75) is 6.92 Å². The van der Waals surface area contributed by atoms with Crippen molar-refractivity contribution >= 4 is 29.1 Å². The molecule has 0 unspecified atom stereocenters. The number of aromatic nitrogens is 2. The molecule has 6 heteroatoms. The number of carbonyl (C=O) groups is 1. The molecule has 0 aliphatic rings. The van der Waals surface area contributed by atoms with Crippen LogP contribution in [0.1, 0.15) is 28.5 Å². The predicted octanol–water partition coefficient (Wildman–Crippen LogP) is 4.48. The molecule has 0 spiro atoms. The fourth-order valence-corrected chi connectivity index (χ4v) is 2.57. The van der Waals surface area contributed by atoms with Gasteiger partial charge in [0.15, 0.2) is 11.5 Å². The van der Waals surface area contributed by atoms with Crippen LogP contribution in [0, 0.1) is 0 Å². The number of aliphatic imine (C=N–C) groups is 1. The third kappa shape index (κ3) is 4.13. The van der Waals surface area contributed by atoms with Crippen molar-refractivity contribution in [2.24, 2.45) is 4.99 Å². The molecule has 0 saturated heterocycles. The van der Waals surface area contributed by atoms with Gasteiger partial charge in [0.25, 0.3) is 0 Å². The molecule has 0 fully saturated rings. The Morgan fingerprint density at radius 3 is 2.08 bits per heavy atom. The average molecular weight is 366 g/mol. The van der Waals surface area contributed by atoms with Crippen LogP contribution in [0.5, 0.6) is 0 Å². The first-order valence-corrected chi connectivity index (χ1v) is 8.46. The minimum Gasteiger partial charge on any atom is -0.461 e. The predicted molar refractivity (Wildman–Crippen MR) is 101 cm³/mol. The first-order valence-electron chi connectivity index (χ1n) is 8.09. The van der Waals surface area contributed by atoms with Gasteiger partial charge in [-0.1, -0.05) is 72.3 Å². The van der Waals surface area contributed by atoms with Gasteiger partial charge < -0.3 is 4.74 Å². The summed E-state index contributed by atoms with van der Waals surface area (Å²) in [6.45, 7) is 1.95. The van der Waals surface area contributed by atoms with Crippen molar-refractivity contribution in [2.75, 3.05) is 6.61 Å². The summed E-state index contributed by atoms with van der Waals surface area (Å²) in [6.07, 6.45) is 0.